The van der Waals surface area contributed by atoms with Gasteiger partial charge in [-0.15, -0.1) is 5.92 Å². The van der Waals surface area contributed by atoms with Crippen LogP contribution in [0.25, 0.3) is 11.2 Å². The van der Waals surface area contributed by atoms with Gasteiger partial charge in [0.15, 0.2) is 11.2 Å². The Kier molecular flexibility index (Phi) is 7.66. The van der Waals surface area contributed by atoms with Gasteiger partial charge in [0.2, 0.25) is 5.95 Å². The minimum Gasteiger partial charge on any atom is -0.462 e. The van der Waals surface area contributed by atoms with Crippen molar-refractivity contribution >= 4 is 39.0 Å². The molecule has 0 aliphatic carbocycles. The van der Waals surface area contributed by atoms with Gasteiger partial charge in [0.1, 0.15) is 0 Å². The predicted molar refractivity (Wildman–Crippen MR) is 141 cm³/mol. The van der Waals surface area contributed by atoms with Crippen molar-refractivity contribution in [3.63, 3.8) is 0 Å². The van der Waals surface area contributed by atoms with Gasteiger partial charge in [0.25, 0.3) is 5.56 Å². The smallest absolute Gasteiger partial charge is 0.338 e. The summed E-state index contributed by atoms with van der Waals surface area (Å²) >= 11 is 3.37. The molecular formula is C25H29BrN6O4. The molecule has 4 rings (SSSR count). The number of ether oxygens (including phenoxy) is 1. The van der Waals surface area contributed by atoms with E-state index in [1.54, 1.807) is 43.7 Å². The molecule has 0 saturated carbocycles. The summed E-state index contributed by atoms with van der Waals surface area (Å²) in [6.07, 6.45) is 1.83. The van der Waals surface area contributed by atoms with E-state index in [0.717, 1.165) is 24.0 Å². The van der Waals surface area contributed by atoms with E-state index in [-0.39, 0.29) is 42.5 Å². The van der Waals surface area contributed by atoms with Crippen molar-refractivity contribution in [2.45, 2.75) is 45.8 Å². The lowest BCUT2D eigenvalue weighted by Gasteiger charge is -2.31. The van der Waals surface area contributed by atoms with Crippen molar-refractivity contribution in [2.24, 2.45) is 12.8 Å². The lowest BCUT2D eigenvalue weighted by Crippen LogP contribution is -2.44. The van der Waals surface area contributed by atoms with Gasteiger partial charge in [-0.3, -0.25) is 18.5 Å². The van der Waals surface area contributed by atoms with E-state index in [1.807, 2.05) is 4.90 Å². The second kappa shape index (κ2) is 10.7. The molecule has 0 spiro atoms. The summed E-state index contributed by atoms with van der Waals surface area (Å²) in [4.78, 5) is 46.5. The van der Waals surface area contributed by atoms with E-state index in [1.165, 1.54) is 4.57 Å². The topological polar surface area (TPSA) is 117 Å². The molecule has 1 aliphatic rings. The van der Waals surface area contributed by atoms with Crippen molar-refractivity contribution in [3.05, 3.63) is 54.6 Å². The van der Waals surface area contributed by atoms with Crippen LogP contribution in [-0.2, 0) is 24.9 Å². The average molecular weight is 557 g/mol. The number of esters is 1. The number of piperidine rings is 1. The van der Waals surface area contributed by atoms with Gasteiger partial charge < -0.3 is 15.4 Å². The highest BCUT2D eigenvalue weighted by Gasteiger charge is 2.26. The van der Waals surface area contributed by atoms with Gasteiger partial charge in [0.05, 0.1) is 25.3 Å². The van der Waals surface area contributed by atoms with Crippen molar-refractivity contribution in [1.82, 2.24) is 18.7 Å². The SMILES string of the molecule is CC#CCn1c(N2CCC[C@@H](N)C2)nc2c1c(=O)n(Cc1ccc(Br)cc1C(=O)OCC)c(=O)n2C. The van der Waals surface area contributed by atoms with Gasteiger partial charge in [-0.2, -0.15) is 4.98 Å². The lowest BCUT2D eigenvalue weighted by atomic mass is 10.1. The molecule has 36 heavy (non-hydrogen) atoms. The maximum Gasteiger partial charge on any atom is 0.338 e. The molecule has 11 heteroatoms. The third kappa shape index (κ3) is 4.83. The fourth-order valence-electron chi connectivity index (χ4n) is 4.50. The number of hydrogen-bond acceptors (Lipinski definition) is 7. The van der Waals surface area contributed by atoms with E-state index in [2.05, 4.69) is 27.8 Å². The zero-order valence-corrected chi connectivity index (χ0v) is 22.2. The highest BCUT2D eigenvalue weighted by molar-refractivity contribution is 9.10. The molecule has 0 bridgehead atoms. The van der Waals surface area contributed by atoms with Crippen LogP contribution < -0.4 is 21.9 Å². The quantitative estimate of drug-likeness (QED) is 0.363. The lowest BCUT2D eigenvalue weighted by molar-refractivity contribution is 0.0525. The Bertz CT molecular complexity index is 1490. The summed E-state index contributed by atoms with van der Waals surface area (Å²) in [6.45, 7) is 5.16. The van der Waals surface area contributed by atoms with Gasteiger partial charge in [-0.25, -0.2) is 9.59 Å². The van der Waals surface area contributed by atoms with Gasteiger partial charge in [0, 0.05) is 30.7 Å². The molecule has 0 unspecified atom stereocenters. The number of hydrogen-bond donors (Lipinski definition) is 1. The Balaban J connectivity index is 1.91. The maximum atomic E-state index is 13.8. The molecule has 1 saturated heterocycles. The van der Waals surface area contributed by atoms with Gasteiger partial charge >= 0.3 is 11.7 Å². The Labute approximate surface area is 216 Å². The second-order valence-corrected chi connectivity index (χ2v) is 9.62. The fourth-order valence-corrected chi connectivity index (χ4v) is 4.86. The summed E-state index contributed by atoms with van der Waals surface area (Å²) in [5, 5.41) is 0. The van der Waals surface area contributed by atoms with E-state index in [0.29, 0.717) is 22.5 Å². The zero-order chi connectivity index (χ0) is 26.0. The third-order valence-corrected chi connectivity index (χ3v) is 6.76. The molecule has 190 valence electrons. The molecule has 1 aromatic carbocycles. The van der Waals surface area contributed by atoms with Crippen LogP contribution in [0.4, 0.5) is 5.95 Å². The number of imidazole rings is 1. The highest BCUT2D eigenvalue weighted by atomic mass is 79.9. The minimum atomic E-state index is -0.529. The average Bonchev–Trinajstić information content (AvgIpc) is 3.24. The van der Waals surface area contributed by atoms with E-state index < -0.39 is 17.2 Å². The first-order valence-corrected chi connectivity index (χ1v) is 12.6. The number of carbonyl (C=O) groups excluding carboxylic acids is 1. The van der Waals surface area contributed by atoms with Crippen molar-refractivity contribution in [2.75, 3.05) is 24.6 Å². The van der Waals surface area contributed by atoms with Crippen LogP contribution in [0.15, 0.2) is 32.3 Å². The number of rotatable bonds is 6. The van der Waals surface area contributed by atoms with Crippen molar-refractivity contribution < 1.29 is 9.53 Å². The third-order valence-electron chi connectivity index (χ3n) is 6.26. The largest absolute Gasteiger partial charge is 0.462 e. The molecule has 1 atom stereocenters. The molecule has 3 heterocycles. The monoisotopic (exact) mass is 556 g/mol. The summed E-state index contributed by atoms with van der Waals surface area (Å²) in [5.74, 6) is 5.94. The molecule has 10 nitrogen and oxygen atoms in total. The van der Waals surface area contributed by atoms with Crippen LogP contribution >= 0.6 is 15.9 Å². The zero-order valence-electron chi connectivity index (χ0n) is 20.6. The number of nitrogens with two attached hydrogens (primary N) is 1. The second-order valence-electron chi connectivity index (χ2n) is 8.70. The summed E-state index contributed by atoms with van der Waals surface area (Å²) in [6, 6.07) is 5.08. The van der Waals surface area contributed by atoms with Gasteiger partial charge in [-0.1, -0.05) is 27.9 Å². The summed E-state index contributed by atoms with van der Waals surface area (Å²) in [5.41, 5.74) is 6.53. The Hall–Kier alpha value is -3.36. The summed E-state index contributed by atoms with van der Waals surface area (Å²) < 4.78 is 10.1. The number of halogens is 1. The minimum absolute atomic E-state index is 0.00320. The van der Waals surface area contributed by atoms with Crippen LogP contribution in [0.5, 0.6) is 0 Å². The van der Waals surface area contributed by atoms with Crippen LogP contribution in [0, 0.1) is 11.8 Å². The molecule has 2 N–H and O–H groups in total. The maximum absolute atomic E-state index is 13.8. The molecule has 0 amide bonds. The number of carbonyl (C=O) groups is 1. The Morgan fingerprint density at radius 3 is 2.78 bits per heavy atom. The first-order valence-electron chi connectivity index (χ1n) is 11.8. The Morgan fingerprint density at radius 1 is 1.31 bits per heavy atom. The van der Waals surface area contributed by atoms with E-state index >= 15 is 0 Å². The number of nitrogens with zero attached hydrogens (tertiary/aromatic N) is 5. The van der Waals surface area contributed by atoms with E-state index in [4.69, 9.17) is 15.5 Å². The van der Waals surface area contributed by atoms with Crippen LogP contribution in [0.1, 0.15) is 42.6 Å². The van der Waals surface area contributed by atoms with Crippen molar-refractivity contribution in [3.8, 4) is 11.8 Å². The van der Waals surface area contributed by atoms with Crippen LogP contribution in [0.3, 0.4) is 0 Å². The highest BCUT2D eigenvalue weighted by Crippen LogP contribution is 2.23. The van der Waals surface area contributed by atoms with E-state index in [9.17, 15) is 14.4 Å². The first kappa shape index (κ1) is 25.7. The van der Waals surface area contributed by atoms with Crippen LogP contribution in [0.2, 0.25) is 0 Å². The first-order chi connectivity index (χ1) is 17.3. The Morgan fingerprint density at radius 2 is 2.08 bits per heavy atom. The predicted octanol–water partition coefficient (Wildman–Crippen LogP) is 1.83. The number of aromatic nitrogens is 4. The molecule has 1 fully saturated rings. The van der Waals surface area contributed by atoms with Crippen LogP contribution in [-0.4, -0.2) is 50.4 Å². The normalized spacial score (nSPS) is 15.6. The summed E-state index contributed by atoms with van der Waals surface area (Å²) in [7, 11) is 1.59. The molecule has 3 aromatic rings. The number of aryl methyl sites for hydroxylation is 1. The molecular weight excluding hydrogens is 528 g/mol. The number of anilines is 1. The molecule has 1 aliphatic heterocycles. The number of benzene rings is 1. The number of fused-ring (bicyclic) bond motifs is 1. The van der Waals surface area contributed by atoms with Gasteiger partial charge in [-0.05, 0) is 44.4 Å². The molecule has 2 aromatic heterocycles. The molecule has 0 radical (unpaired) electrons. The fraction of sp³-hybridized carbons (Fsp3) is 0.440. The van der Waals surface area contributed by atoms with Crippen molar-refractivity contribution in [1.29, 1.82) is 0 Å². The standard InChI is InChI=1S/C25H29BrN6O4/c1-4-6-12-31-20-21(28-24(31)30-11-7-8-18(27)15-30)29(3)25(35)32(22(20)33)14-16-9-10-17(26)13-19(16)23(34)36-5-2/h9-10,13,18H,5,7-8,11-12,14-15,27H2,1-3H3/t18-/m1/s1.